The quantitative estimate of drug-likeness (QED) is 0.752. The molecule has 0 unspecified atom stereocenters. The highest BCUT2D eigenvalue weighted by Crippen LogP contribution is 2.32. The van der Waals surface area contributed by atoms with Gasteiger partial charge in [0.2, 0.25) is 0 Å². The minimum atomic E-state index is -1.24. The number of hydrogen-bond acceptors (Lipinski definition) is 5. The third-order valence-corrected chi connectivity index (χ3v) is 3.34. The van der Waals surface area contributed by atoms with Crippen molar-refractivity contribution in [2.24, 2.45) is 0 Å². The Morgan fingerprint density at radius 2 is 1.92 bits per heavy atom. The number of benzene rings is 2. The van der Waals surface area contributed by atoms with Gasteiger partial charge in [0, 0.05) is 18.2 Å². The van der Waals surface area contributed by atoms with E-state index in [-0.39, 0.29) is 28.0 Å². The maximum absolute atomic E-state index is 13.9. The number of aliphatic carboxylic acids is 1. The second-order valence-corrected chi connectivity index (χ2v) is 5.10. The lowest BCUT2D eigenvalue weighted by Crippen LogP contribution is -2.09. The number of halogens is 2. The van der Waals surface area contributed by atoms with Gasteiger partial charge in [-0.15, -0.1) is 0 Å². The molecule has 0 amide bonds. The highest BCUT2D eigenvalue weighted by molar-refractivity contribution is 5.86. The van der Waals surface area contributed by atoms with E-state index in [0.29, 0.717) is 0 Å². The van der Waals surface area contributed by atoms with Gasteiger partial charge in [-0.05, 0) is 18.2 Å². The molecule has 2 N–H and O–H groups in total. The lowest BCUT2D eigenvalue weighted by atomic mass is 10.1. The van der Waals surface area contributed by atoms with Crippen LogP contribution >= 0.6 is 0 Å². The SMILES string of the molecule is O=C(O)COc1cc(O)c2c(=O)cc(-c3cc(F)ccc3F)oc2c1. The molecule has 0 saturated carbocycles. The summed E-state index contributed by atoms with van der Waals surface area (Å²) in [5, 5.41) is 18.4. The van der Waals surface area contributed by atoms with E-state index in [1.807, 2.05) is 0 Å². The molecule has 0 fully saturated rings. The van der Waals surface area contributed by atoms with E-state index in [1.165, 1.54) is 6.07 Å². The van der Waals surface area contributed by atoms with Crippen LogP contribution in [0, 0.1) is 11.6 Å². The number of phenolic OH excluding ortho intramolecular Hbond substituents is 1. The summed E-state index contributed by atoms with van der Waals surface area (Å²) in [5.74, 6) is -3.56. The zero-order chi connectivity index (χ0) is 18.1. The molecule has 0 bridgehead atoms. The average molecular weight is 348 g/mol. The minimum absolute atomic E-state index is 0.0626. The van der Waals surface area contributed by atoms with Crippen LogP contribution < -0.4 is 10.2 Å². The van der Waals surface area contributed by atoms with Crippen molar-refractivity contribution in [2.45, 2.75) is 0 Å². The average Bonchev–Trinajstić information content (AvgIpc) is 2.54. The molecule has 128 valence electrons. The lowest BCUT2D eigenvalue weighted by Gasteiger charge is -2.08. The predicted octanol–water partition coefficient (Wildman–Crippen LogP) is 2.91. The van der Waals surface area contributed by atoms with E-state index in [2.05, 4.69) is 0 Å². The number of rotatable bonds is 4. The Morgan fingerprint density at radius 3 is 2.64 bits per heavy atom. The number of phenols is 1. The van der Waals surface area contributed by atoms with Crippen LogP contribution in [0.1, 0.15) is 0 Å². The summed E-state index contributed by atoms with van der Waals surface area (Å²) in [7, 11) is 0. The Kier molecular flexibility index (Phi) is 4.10. The first-order chi connectivity index (χ1) is 11.8. The summed E-state index contributed by atoms with van der Waals surface area (Å²) < 4.78 is 37.6. The van der Waals surface area contributed by atoms with Gasteiger partial charge in [0.05, 0.1) is 5.56 Å². The fourth-order valence-electron chi connectivity index (χ4n) is 2.29. The summed E-state index contributed by atoms with van der Waals surface area (Å²) in [6, 6.07) is 5.84. The van der Waals surface area contributed by atoms with Crippen LogP contribution in [0.4, 0.5) is 8.78 Å². The molecule has 1 aromatic heterocycles. The Balaban J connectivity index is 2.18. The van der Waals surface area contributed by atoms with Crippen molar-refractivity contribution in [3.8, 4) is 22.8 Å². The van der Waals surface area contributed by atoms with Gasteiger partial charge in [-0.2, -0.15) is 0 Å². The Labute approximate surface area is 138 Å². The number of fused-ring (bicyclic) bond motifs is 1. The molecular weight excluding hydrogens is 338 g/mol. The number of carboxylic acids is 1. The van der Waals surface area contributed by atoms with Crippen LogP contribution in [0.2, 0.25) is 0 Å². The van der Waals surface area contributed by atoms with E-state index in [1.54, 1.807) is 0 Å². The van der Waals surface area contributed by atoms with Crippen molar-refractivity contribution in [1.29, 1.82) is 0 Å². The highest BCUT2D eigenvalue weighted by atomic mass is 19.1. The maximum Gasteiger partial charge on any atom is 0.341 e. The van der Waals surface area contributed by atoms with Crippen molar-refractivity contribution in [1.82, 2.24) is 0 Å². The molecule has 0 atom stereocenters. The van der Waals surface area contributed by atoms with Gasteiger partial charge >= 0.3 is 5.97 Å². The van der Waals surface area contributed by atoms with Crippen molar-refractivity contribution < 1.29 is 32.9 Å². The molecule has 2 aromatic carbocycles. The van der Waals surface area contributed by atoms with E-state index in [9.17, 15) is 23.5 Å². The van der Waals surface area contributed by atoms with Gasteiger partial charge in [0.25, 0.3) is 0 Å². The van der Waals surface area contributed by atoms with Gasteiger partial charge in [0.15, 0.2) is 12.0 Å². The van der Waals surface area contributed by atoms with E-state index >= 15 is 0 Å². The van der Waals surface area contributed by atoms with Crippen molar-refractivity contribution >= 4 is 16.9 Å². The Hall–Kier alpha value is -3.42. The van der Waals surface area contributed by atoms with Gasteiger partial charge < -0.3 is 19.4 Å². The first kappa shape index (κ1) is 16.4. The number of carboxylic acid groups (broad SMARTS) is 1. The zero-order valence-corrected chi connectivity index (χ0v) is 12.5. The van der Waals surface area contributed by atoms with E-state index < -0.39 is 35.4 Å². The van der Waals surface area contributed by atoms with Crippen LogP contribution in [0.15, 0.2) is 45.6 Å². The maximum atomic E-state index is 13.9. The molecule has 0 aliphatic heterocycles. The monoisotopic (exact) mass is 348 g/mol. The van der Waals surface area contributed by atoms with Gasteiger partial charge in [-0.25, -0.2) is 13.6 Å². The third-order valence-electron chi connectivity index (χ3n) is 3.34. The molecule has 3 aromatic rings. The molecule has 25 heavy (non-hydrogen) atoms. The summed E-state index contributed by atoms with van der Waals surface area (Å²) in [4.78, 5) is 22.7. The number of aromatic hydroxyl groups is 1. The van der Waals surface area contributed by atoms with Crippen LogP contribution in [0.25, 0.3) is 22.3 Å². The lowest BCUT2D eigenvalue weighted by molar-refractivity contribution is -0.139. The molecule has 0 aliphatic carbocycles. The standard InChI is InChI=1S/C17H10F2O6/c18-8-1-2-11(19)10(3-8)14-6-13(21)17-12(20)4-9(5-15(17)25-14)24-7-16(22)23/h1-6,20H,7H2,(H,22,23). The molecule has 0 spiro atoms. The summed E-state index contributed by atoms with van der Waals surface area (Å²) >= 11 is 0. The Morgan fingerprint density at radius 1 is 1.16 bits per heavy atom. The van der Waals surface area contributed by atoms with Gasteiger partial charge in [-0.3, -0.25) is 4.79 Å². The van der Waals surface area contributed by atoms with Gasteiger partial charge in [0.1, 0.15) is 39.9 Å². The van der Waals surface area contributed by atoms with Gasteiger partial charge in [-0.1, -0.05) is 0 Å². The topological polar surface area (TPSA) is 97.0 Å². The largest absolute Gasteiger partial charge is 0.507 e. The first-order valence-electron chi connectivity index (χ1n) is 6.96. The van der Waals surface area contributed by atoms with Crippen LogP contribution in [0.5, 0.6) is 11.5 Å². The molecule has 3 rings (SSSR count). The number of ether oxygens (including phenoxy) is 1. The summed E-state index contributed by atoms with van der Waals surface area (Å²) in [6.07, 6.45) is 0. The second kappa shape index (κ2) is 6.23. The number of carbonyl (C=O) groups is 1. The molecule has 1 heterocycles. The third kappa shape index (κ3) is 3.27. The molecule has 0 saturated heterocycles. The van der Waals surface area contributed by atoms with Crippen molar-refractivity contribution in [3.05, 3.63) is 58.3 Å². The highest BCUT2D eigenvalue weighted by Gasteiger charge is 2.16. The van der Waals surface area contributed by atoms with Crippen molar-refractivity contribution in [2.75, 3.05) is 6.61 Å². The predicted molar refractivity (Wildman–Crippen MR) is 82.6 cm³/mol. The molecule has 6 nitrogen and oxygen atoms in total. The molecule has 0 aliphatic rings. The normalized spacial score (nSPS) is 10.8. The minimum Gasteiger partial charge on any atom is -0.507 e. The molecular formula is C17H10F2O6. The van der Waals surface area contributed by atoms with Crippen LogP contribution in [-0.2, 0) is 4.79 Å². The fourth-order valence-corrected chi connectivity index (χ4v) is 2.29. The summed E-state index contributed by atoms with van der Waals surface area (Å²) in [5.41, 5.74) is -1.11. The number of hydrogen-bond donors (Lipinski definition) is 2. The molecule has 8 heteroatoms. The first-order valence-corrected chi connectivity index (χ1v) is 6.96. The molecule has 0 radical (unpaired) electrons. The van der Waals surface area contributed by atoms with E-state index in [0.717, 1.165) is 30.3 Å². The zero-order valence-electron chi connectivity index (χ0n) is 12.5. The summed E-state index contributed by atoms with van der Waals surface area (Å²) in [6.45, 7) is -0.673. The second-order valence-electron chi connectivity index (χ2n) is 5.10. The smallest absolute Gasteiger partial charge is 0.341 e. The van der Waals surface area contributed by atoms with Crippen LogP contribution in [-0.4, -0.2) is 22.8 Å². The Bertz CT molecular complexity index is 1040. The van der Waals surface area contributed by atoms with E-state index in [4.69, 9.17) is 14.3 Å². The fraction of sp³-hybridized carbons (Fsp3) is 0.0588. The van der Waals surface area contributed by atoms with Crippen molar-refractivity contribution in [3.63, 3.8) is 0 Å². The van der Waals surface area contributed by atoms with Crippen LogP contribution in [0.3, 0.4) is 0 Å².